The maximum atomic E-state index is 12.5. The average Bonchev–Trinajstić information content (AvgIpc) is 2.69. The number of morpholine rings is 1. The van der Waals surface area contributed by atoms with Gasteiger partial charge in [-0.3, -0.25) is 4.90 Å². The monoisotopic (exact) mass is 544 g/mol. The summed E-state index contributed by atoms with van der Waals surface area (Å²) in [4.78, 5) is 6.87. The van der Waals surface area contributed by atoms with Gasteiger partial charge in [0.25, 0.3) is 0 Å². The molecule has 1 aliphatic heterocycles. The van der Waals surface area contributed by atoms with Crippen LogP contribution in [-0.2, 0) is 11.3 Å². The highest BCUT2D eigenvalue weighted by atomic mass is 127. The van der Waals surface area contributed by atoms with Crippen LogP contribution in [-0.4, -0.2) is 69.6 Å². The molecule has 30 heavy (non-hydrogen) atoms. The van der Waals surface area contributed by atoms with Gasteiger partial charge in [-0.05, 0) is 38.4 Å². The molecule has 0 spiro atoms. The second-order valence-corrected chi connectivity index (χ2v) is 6.94. The van der Waals surface area contributed by atoms with E-state index in [0.29, 0.717) is 18.1 Å². The first-order valence-electron chi connectivity index (χ1n) is 9.98. The molecular weight excluding hydrogens is 512 g/mol. The van der Waals surface area contributed by atoms with Crippen LogP contribution in [0, 0.1) is 6.92 Å². The number of hydrogen-bond acceptors (Lipinski definition) is 4. The number of rotatable bonds is 9. The predicted molar refractivity (Wildman–Crippen MR) is 123 cm³/mol. The van der Waals surface area contributed by atoms with Gasteiger partial charge in [-0.25, -0.2) is 4.99 Å². The van der Waals surface area contributed by atoms with Gasteiger partial charge in [0.1, 0.15) is 5.75 Å². The number of nitrogens with zero attached hydrogens (tertiary/aromatic N) is 2. The lowest BCUT2D eigenvalue weighted by Crippen LogP contribution is -2.40. The van der Waals surface area contributed by atoms with Gasteiger partial charge in [-0.1, -0.05) is 12.1 Å². The maximum Gasteiger partial charge on any atom is 0.422 e. The molecular formula is C20H32F3IN4O2. The molecule has 0 bridgehead atoms. The van der Waals surface area contributed by atoms with Crippen molar-refractivity contribution in [2.24, 2.45) is 4.99 Å². The van der Waals surface area contributed by atoms with Crippen molar-refractivity contribution in [3.05, 3.63) is 29.3 Å². The van der Waals surface area contributed by atoms with Gasteiger partial charge in [0.05, 0.1) is 19.8 Å². The highest BCUT2D eigenvalue weighted by Crippen LogP contribution is 2.24. The van der Waals surface area contributed by atoms with Crippen molar-refractivity contribution in [2.75, 3.05) is 52.5 Å². The van der Waals surface area contributed by atoms with Crippen LogP contribution in [0.5, 0.6) is 5.75 Å². The van der Waals surface area contributed by atoms with Crippen LogP contribution in [0.2, 0.25) is 0 Å². The summed E-state index contributed by atoms with van der Waals surface area (Å²) in [5, 5.41) is 6.44. The molecule has 0 atom stereocenters. The Morgan fingerprint density at radius 3 is 2.63 bits per heavy atom. The molecule has 0 aliphatic carbocycles. The van der Waals surface area contributed by atoms with Gasteiger partial charge >= 0.3 is 6.18 Å². The van der Waals surface area contributed by atoms with E-state index in [1.807, 2.05) is 19.9 Å². The molecule has 1 aliphatic rings. The summed E-state index contributed by atoms with van der Waals surface area (Å²) in [5.41, 5.74) is 1.45. The van der Waals surface area contributed by atoms with E-state index in [9.17, 15) is 13.2 Å². The van der Waals surface area contributed by atoms with Gasteiger partial charge in [0.2, 0.25) is 0 Å². The summed E-state index contributed by atoms with van der Waals surface area (Å²) >= 11 is 0. The first-order chi connectivity index (χ1) is 13.9. The van der Waals surface area contributed by atoms with Crippen LogP contribution in [0.4, 0.5) is 13.2 Å². The van der Waals surface area contributed by atoms with Crippen molar-refractivity contribution >= 4 is 29.9 Å². The zero-order valence-corrected chi connectivity index (χ0v) is 19.9. The van der Waals surface area contributed by atoms with Crippen LogP contribution in [0.1, 0.15) is 24.5 Å². The Morgan fingerprint density at radius 1 is 1.23 bits per heavy atom. The van der Waals surface area contributed by atoms with E-state index in [0.717, 1.165) is 51.4 Å². The molecule has 6 nitrogen and oxygen atoms in total. The SMILES string of the molecule is CCNC(=NCc1ccc(C)cc1OCC(F)(F)F)NCCCN1CCOCC1.I. The highest BCUT2D eigenvalue weighted by molar-refractivity contribution is 14.0. The Labute approximate surface area is 193 Å². The minimum atomic E-state index is -4.37. The summed E-state index contributed by atoms with van der Waals surface area (Å²) in [6.45, 7) is 8.63. The fourth-order valence-electron chi connectivity index (χ4n) is 2.93. The molecule has 1 saturated heterocycles. The van der Waals surface area contributed by atoms with Crippen LogP contribution in [0.3, 0.4) is 0 Å². The van der Waals surface area contributed by atoms with E-state index in [1.165, 1.54) is 0 Å². The van der Waals surface area contributed by atoms with Gasteiger partial charge in [0.15, 0.2) is 12.6 Å². The molecule has 0 aromatic heterocycles. The van der Waals surface area contributed by atoms with Crippen LogP contribution in [0.15, 0.2) is 23.2 Å². The van der Waals surface area contributed by atoms with Gasteiger partial charge in [0, 0.05) is 31.7 Å². The summed E-state index contributed by atoms with van der Waals surface area (Å²) in [6.07, 6.45) is -3.41. The second-order valence-electron chi connectivity index (χ2n) is 6.94. The largest absolute Gasteiger partial charge is 0.484 e. The van der Waals surface area contributed by atoms with Gasteiger partial charge < -0.3 is 20.1 Å². The van der Waals surface area contributed by atoms with E-state index >= 15 is 0 Å². The zero-order chi connectivity index (χ0) is 21.1. The van der Waals surface area contributed by atoms with Crippen LogP contribution < -0.4 is 15.4 Å². The number of aliphatic imine (C=N–C) groups is 1. The number of benzene rings is 1. The smallest absolute Gasteiger partial charge is 0.422 e. The third-order valence-electron chi connectivity index (χ3n) is 4.41. The molecule has 1 aromatic carbocycles. The number of aryl methyl sites for hydroxylation is 1. The Hall–Kier alpha value is -1.27. The summed E-state index contributed by atoms with van der Waals surface area (Å²) in [6, 6.07) is 5.21. The molecule has 0 radical (unpaired) electrons. The normalized spacial score (nSPS) is 15.4. The molecule has 2 N–H and O–H groups in total. The lowest BCUT2D eigenvalue weighted by Gasteiger charge is -2.26. The number of guanidine groups is 1. The highest BCUT2D eigenvalue weighted by Gasteiger charge is 2.28. The van der Waals surface area contributed by atoms with Crippen molar-refractivity contribution in [1.82, 2.24) is 15.5 Å². The summed E-state index contributed by atoms with van der Waals surface area (Å²) in [5.74, 6) is 0.853. The fraction of sp³-hybridized carbons (Fsp3) is 0.650. The number of alkyl halides is 3. The molecule has 0 saturated carbocycles. The molecule has 1 aromatic rings. The number of hydrogen-bond donors (Lipinski definition) is 2. The fourth-order valence-corrected chi connectivity index (χ4v) is 2.93. The van der Waals surface area contributed by atoms with Crippen LogP contribution in [0.25, 0.3) is 0 Å². The molecule has 10 heteroatoms. The zero-order valence-electron chi connectivity index (χ0n) is 17.6. The second kappa shape index (κ2) is 13.9. The van der Waals surface area contributed by atoms with Crippen LogP contribution >= 0.6 is 24.0 Å². The predicted octanol–water partition coefficient (Wildman–Crippen LogP) is 3.33. The molecule has 1 heterocycles. The number of halogens is 4. The lowest BCUT2D eigenvalue weighted by molar-refractivity contribution is -0.153. The van der Waals surface area contributed by atoms with Crippen molar-refractivity contribution < 1.29 is 22.6 Å². The third-order valence-corrected chi connectivity index (χ3v) is 4.41. The van der Waals surface area contributed by atoms with Crippen molar-refractivity contribution in [1.29, 1.82) is 0 Å². The Bertz CT molecular complexity index is 653. The topological polar surface area (TPSA) is 58.1 Å². The minimum absolute atomic E-state index is 0. The van der Waals surface area contributed by atoms with Crippen molar-refractivity contribution in [2.45, 2.75) is 33.0 Å². The summed E-state index contributed by atoms with van der Waals surface area (Å²) in [7, 11) is 0. The first-order valence-corrected chi connectivity index (χ1v) is 9.98. The first kappa shape index (κ1) is 26.8. The Kier molecular flexibility index (Phi) is 12.4. The molecule has 1 fully saturated rings. The van der Waals surface area contributed by atoms with E-state index in [2.05, 4.69) is 20.5 Å². The Balaban J connectivity index is 0.00000450. The van der Waals surface area contributed by atoms with Crippen molar-refractivity contribution in [3.8, 4) is 5.75 Å². The lowest BCUT2D eigenvalue weighted by atomic mass is 10.1. The van der Waals surface area contributed by atoms with E-state index in [4.69, 9.17) is 9.47 Å². The average molecular weight is 544 g/mol. The van der Waals surface area contributed by atoms with E-state index in [-0.39, 0.29) is 36.3 Å². The maximum absolute atomic E-state index is 12.5. The van der Waals surface area contributed by atoms with Gasteiger partial charge in [-0.15, -0.1) is 24.0 Å². The van der Waals surface area contributed by atoms with E-state index < -0.39 is 12.8 Å². The quantitative estimate of drug-likeness (QED) is 0.216. The third kappa shape index (κ3) is 10.7. The van der Waals surface area contributed by atoms with E-state index in [1.54, 1.807) is 12.1 Å². The molecule has 172 valence electrons. The van der Waals surface area contributed by atoms with Gasteiger partial charge in [-0.2, -0.15) is 13.2 Å². The molecule has 2 rings (SSSR count). The minimum Gasteiger partial charge on any atom is -0.484 e. The van der Waals surface area contributed by atoms with Crippen molar-refractivity contribution in [3.63, 3.8) is 0 Å². The molecule has 0 unspecified atom stereocenters. The Morgan fingerprint density at radius 2 is 1.97 bits per heavy atom. The number of ether oxygens (including phenoxy) is 2. The summed E-state index contributed by atoms with van der Waals surface area (Å²) < 4.78 is 47.9. The molecule has 0 amide bonds. The number of nitrogens with one attached hydrogen (secondary N) is 2. The standard InChI is InChI=1S/C20H31F3N4O2.HI/c1-3-24-19(25-7-4-8-27-9-11-28-12-10-27)26-14-17-6-5-16(2)13-18(17)29-15-20(21,22)23;/h5-6,13H,3-4,7-12,14-15H2,1-2H3,(H2,24,25,26);1H.